The van der Waals surface area contributed by atoms with Crippen LogP contribution in [0.15, 0.2) is 0 Å². The van der Waals surface area contributed by atoms with E-state index in [1.807, 2.05) is 0 Å². The molecule has 1 aliphatic heterocycles. The zero-order chi connectivity index (χ0) is 10.7. The Balaban J connectivity index is 2.09. The summed E-state index contributed by atoms with van der Waals surface area (Å²) in [7, 11) is 0. The van der Waals surface area contributed by atoms with Crippen LogP contribution in [0.3, 0.4) is 0 Å². The summed E-state index contributed by atoms with van der Waals surface area (Å²) in [6.45, 7) is 4.51. The Morgan fingerprint density at radius 1 is 1.20 bits per heavy atom. The summed E-state index contributed by atoms with van der Waals surface area (Å²) >= 11 is 0. The van der Waals surface area contributed by atoms with E-state index in [1.54, 1.807) is 0 Å². The van der Waals surface area contributed by atoms with Crippen molar-refractivity contribution in [3.63, 3.8) is 0 Å². The van der Waals surface area contributed by atoms with Crippen molar-refractivity contribution in [1.82, 2.24) is 4.90 Å². The molecule has 1 unspecified atom stereocenters. The molecule has 0 amide bonds. The molecule has 2 nitrogen and oxygen atoms in total. The minimum Gasteiger partial charge on any atom is -0.329 e. The van der Waals surface area contributed by atoms with Crippen LogP contribution in [0, 0.1) is 0 Å². The molecular formula is C13H26N2. The lowest BCUT2D eigenvalue weighted by Gasteiger charge is -2.47. The third kappa shape index (κ3) is 2.07. The van der Waals surface area contributed by atoms with Crippen LogP contribution in [-0.2, 0) is 0 Å². The Morgan fingerprint density at radius 2 is 1.93 bits per heavy atom. The Labute approximate surface area is 94.2 Å². The van der Waals surface area contributed by atoms with Gasteiger partial charge in [0.1, 0.15) is 0 Å². The summed E-state index contributed by atoms with van der Waals surface area (Å²) in [5.74, 6) is 0. The van der Waals surface area contributed by atoms with Gasteiger partial charge in [0.25, 0.3) is 0 Å². The van der Waals surface area contributed by atoms with E-state index in [2.05, 4.69) is 11.8 Å². The van der Waals surface area contributed by atoms with Gasteiger partial charge in [-0.1, -0.05) is 26.2 Å². The SMILES string of the molecule is CCC1CCCN1C1(CN)CCCCC1. The molecule has 0 aromatic carbocycles. The van der Waals surface area contributed by atoms with Gasteiger partial charge >= 0.3 is 0 Å². The third-order valence-corrected chi connectivity index (χ3v) is 4.62. The fourth-order valence-corrected chi connectivity index (χ4v) is 3.70. The van der Waals surface area contributed by atoms with Crippen LogP contribution in [0.4, 0.5) is 0 Å². The molecule has 1 aliphatic carbocycles. The number of hydrogen-bond donors (Lipinski definition) is 1. The van der Waals surface area contributed by atoms with Crippen molar-refractivity contribution in [2.75, 3.05) is 13.1 Å². The monoisotopic (exact) mass is 210 g/mol. The maximum absolute atomic E-state index is 6.09. The van der Waals surface area contributed by atoms with Crippen LogP contribution in [0.5, 0.6) is 0 Å². The summed E-state index contributed by atoms with van der Waals surface area (Å²) in [5, 5.41) is 0. The maximum Gasteiger partial charge on any atom is 0.0334 e. The van der Waals surface area contributed by atoms with E-state index in [4.69, 9.17) is 5.73 Å². The van der Waals surface area contributed by atoms with Crippen LogP contribution in [0.1, 0.15) is 58.3 Å². The van der Waals surface area contributed by atoms with Gasteiger partial charge in [-0.15, -0.1) is 0 Å². The van der Waals surface area contributed by atoms with Crippen molar-refractivity contribution < 1.29 is 0 Å². The van der Waals surface area contributed by atoms with Gasteiger partial charge in [-0.3, -0.25) is 4.90 Å². The molecule has 0 radical (unpaired) electrons. The van der Waals surface area contributed by atoms with Crippen LogP contribution >= 0.6 is 0 Å². The highest BCUT2D eigenvalue weighted by Gasteiger charge is 2.41. The predicted molar refractivity (Wildman–Crippen MR) is 64.9 cm³/mol. The van der Waals surface area contributed by atoms with Gasteiger partial charge in [-0.2, -0.15) is 0 Å². The second-order valence-corrected chi connectivity index (χ2v) is 5.39. The first-order valence-corrected chi connectivity index (χ1v) is 6.79. The van der Waals surface area contributed by atoms with Gasteiger partial charge < -0.3 is 5.73 Å². The van der Waals surface area contributed by atoms with E-state index in [9.17, 15) is 0 Å². The van der Waals surface area contributed by atoms with Crippen LogP contribution in [0.2, 0.25) is 0 Å². The van der Waals surface area contributed by atoms with E-state index in [1.165, 1.54) is 57.9 Å². The second kappa shape index (κ2) is 4.84. The average molecular weight is 210 g/mol. The summed E-state index contributed by atoms with van der Waals surface area (Å²) < 4.78 is 0. The zero-order valence-electron chi connectivity index (χ0n) is 10.2. The van der Waals surface area contributed by atoms with Gasteiger partial charge in [-0.25, -0.2) is 0 Å². The normalized spacial score (nSPS) is 32.0. The first-order valence-electron chi connectivity index (χ1n) is 6.79. The summed E-state index contributed by atoms with van der Waals surface area (Å²) in [5.41, 5.74) is 6.48. The van der Waals surface area contributed by atoms with Gasteiger partial charge in [0.05, 0.1) is 0 Å². The second-order valence-electron chi connectivity index (χ2n) is 5.39. The van der Waals surface area contributed by atoms with Gasteiger partial charge in [0.15, 0.2) is 0 Å². The third-order valence-electron chi connectivity index (χ3n) is 4.62. The maximum atomic E-state index is 6.09. The van der Waals surface area contributed by atoms with Crippen molar-refractivity contribution in [1.29, 1.82) is 0 Å². The van der Waals surface area contributed by atoms with Crippen LogP contribution in [-0.4, -0.2) is 29.6 Å². The molecule has 2 fully saturated rings. The Hall–Kier alpha value is -0.0800. The lowest BCUT2D eigenvalue weighted by Crippen LogP contribution is -2.56. The molecule has 88 valence electrons. The molecule has 15 heavy (non-hydrogen) atoms. The average Bonchev–Trinajstić information content (AvgIpc) is 2.78. The molecule has 0 spiro atoms. The van der Waals surface area contributed by atoms with Gasteiger partial charge in [0, 0.05) is 18.1 Å². The van der Waals surface area contributed by atoms with Gasteiger partial charge in [-0.05, 0) is 38.6 Å². The van der Waals surface area contributed by atoms with E-state index in [0.29, 0.717) is 5.54 Å². The molecule has 2 N–H and O–H groups in total. The lowest BCUT2D eigenvalue weighted by atomic mass is 9.79. The number of nitrogens with zero attached hydrogens (tertiary/aromatic N) is 1. The predicted octanol–water partition coefficient (Wildman–Crippen LogP) is 2.52. The van der Waals surface area contributed by atoms with Crippen molar-refractivity contribution in [3.05, 3.63) is 0 Å². The summed E-state index contributed by atoms with van der Waals surface area (Å²) in [4.78, 5) is 2.77. The first kappa shape index (κ1) is 11.4. The number of nitrogens with two attached hydrogens (primary N) is 1. The molecule has 1 heterocycles. The smallest absolute Gasteiger partial charge is 0.0334 e. The minimum atomic E-state index is 0.384. The largest absolute Gasteiger partial charge is 0.329 e. The Kier molecular flexibility index (Phi) is 3.68. The van der Waals surface area contributed by atoms with E-state index in [-0.39, 0.29) is 0 Å². The zero-order valence-corrected chi connectivity index (χ0v) is 10.2. The summed E-state index contributed by atoms with van der Waals surface area (Å²) in [6, 6.07) is 0.826. The van der Waals surface area contributed by atoms with E-state index < -0.39 is 0 Å². The highest BCUT2D eigenvalue weighted by Crippen LogP contribution is 2.38. The number of rotatable bonds is 3. The van der Waals surface area contributed by atoms with Crippen molar-refractivity contribution in [2.45, 2.75) is 69.9 Å². The number of hydrogen-bond acceptors (Lipinski definition) is 2. The molecule has 1 saturated heterocycles. The van der Waals surface area contributed by atoms with Crippen LogP contribution < -0.4 is 5.73 Å². The van der Waals surface area contributed by atoms with E-state index in [0.717, 1.165) is 12.6 Å². The van der Waals surface area contributed by atoms with Crippen LogP contribution in [0.25, 0.3) is 0 Å². The molecule has 0 aromatic heterocycles. The van der Waals surface area contributed by atoms with Crippen molar-refractivity contribution >= 4 is 0 Å². The quantitative estimate of drug-likeness (QED) is 0.775. The minimum absolute atomic E-state index is 0.384. The van der Waals surface area contributed by atoms with Gasteiger partial charge in [0.2, 0.25) is 0 Å². The molecule has 0 aromatic rings. The Bertz CT molecular complexity index is 197. The Morgan fingerprint density at radius 3 is 2.53 bits per heavy atom. The van der Waals surface area contributed by atoms with E-state index >= 15 is 0 Å². The molecule has 2 rings (SSSR count). The molecule has 1 atom stereocenters. The molecule has 0 bridgehead atoms. The highest BCUT2D eigenvalue weighted by atomic mass is 15.3. The molecule has 1 saturated carbocycles. The molecular weight excluding hydrogens is 184 g/mol. The van der Waals surface area contributed by atoms with Crippen molar-refractivity contribution in [2.24, 2.45) is 5.73 Å². The fourth-order valence-electron chi connectivity index (χ4n) is 3.70. The summed E-state index contributed by atoms with van der Waals surface area (Å²) in [6.07, 6.45) is 11.0. The topological polar surface area (TPSA) is 29.3 Å². The lowest BCUT2D eigenvalue weighted by molar-refractivity contribution is 0.0442. The number of likely N-dealkylation sites (tertiary alicyclic amines) is 1. The highest BCUT2D eigenvalue weighted by molar-refractivity contribution is 4.98. The standard InChI is InChI=1S/C13H26N2/c1-2-12-7-6-10-15(12)13(11-14)8-4-3-5-9-13/h12H,2-11,14H2,1H3. The first-order chi connectivity index (χ1) is 7.32. The molecule has 2 heteroatoms. The van der Waals surface area contributed by atoms with Crippen molar-refractivity contribution in [3.8, 4) is 0 Å². The fraction of sp³-hybridized carbons (Fsp3) is 1.00. The molecule has 2 aliphatic rings.